The third-order valence-electron chi connectivity index (χ3n) is 6.93. The molecule has 2 aliphatic heterocycles. The average molecular weight is 442 g/mol. The Labute approximate surface area is 195 Å². The normalized spacial score (nSPS) is 17.2. The summed E-state index contributed by atoms with van der Waals surface area (Å²) in [4.78, 5) is 31.3. The Hall–Kier alpha value is -3.12. The first-order valence-corrected chi connectivity index (χ1v) is 12.0. The van der Waals surface area contributed by atoms with Gasteiger partial charge >= 0.3 is 0 Å². The van der Waals surface area contributed by atoms with Gasteiger partial charge in [0.1, 0.15) is 11.6 Å². The highest BCUT2D eigenvalue weighted by Gasteiger charge is 2.30. The number of pyridine rings is 1. The smallest absolute Gasteiger partial charge is 0.228 e. The number of fused-ring (bicyclic) bond motifs is 1. The van der Waals surface area contributed by atoms with Crippen molar-refractivity contribution in [3.63, 3.8) is 0 Å². The molecule has 6 heteroatoms. The van der Waals surface area contributed by atoms with E-state index in [-0.39, 0.29) is 5.91 Å². The molecule has 0 radical (unpaired) electrons. The van der Waals surface area contributed by atoms with Gasteiger partial charge in [-0.05, 0) is 69.0 Å². The zero-order valence-electron chi connectivity index (χ0n) is 19.3. The molecule has 5 rings (SSSR count). The summed E-state index contributed by atoms with van der Waals surface area (Å²) >= 11 is 0. The molecule has 2 aliphatic rings. The lowest BCUT2D eigenvalue weighted by atomic mass is 9.94. The fourth-order valence-corrected chi connectivity index (χ4v) is 5.00. The molecule has 170 valence electrons. The molecule has 3 aromatic rings. The fourth-order valence-electron chi connectivity index (χ4n) is 5.00. The number of carbonyl (C=O) groups is 1. The molecule has 1 saturated heterocycles. The van der Waals surface area contributed by atoms with Gasteiger partial charge in [-0.15, -0.1) is 0 Å². The van der Waals surface area contributed by atoms with Gasteiger partial charge < -0.3 is 0 Å². The Morgan fingerprint density at radius 2 is 1.70 bits per heavy atom. The van der Waals surface area contributed by atoms with Crippen LogP contribution >= 0.6 is 0 Å². The molecule has 0 N–H and O–H groups in total. The Bertz CT molecular complexity index is 1090. The van der Waals surface area contributed by atoms with E-state index >= 15 is 0 Å². The molecule has 0 saturated carbocycles. The predicted molar refractivity (Wildman–Crippen MR) is 129 cm³/mol. The number of piperidine rings is 1. The van der Waals surface area contributed by atoms with E-state index in [1.165, 1.54) is 11.1 Å². The fraction of sp³-hybridized carbons (Fsp3) is 0.407. The summed E-state index contributed by atoms with van der Waals surface area (Å²) in [6.07, 6.45) is 7.92. The van der Waals surface area contributed by atoms with Gasteiger partial charge in [-0.3, -0.25) is 19.6 Å². The first kappa shape index (κ1) is 21.7. The van der Waals surface area contributed by atoms with Gasteiger partial charge in [-0.25, -0.2) is 9.97 Å². The molecule has 1 fully saturated rings. The van der Waals surface area contributed by atoms with Crippen molar-refractivity contribution in [3.05, 3.63) is 83.1 Å². The topological polar surface area (TPSA) is 62.2 Å². The maximum absolute atomic E-state index is 12.8. The zero-order chi connectivity index (χ0) is 22.6. The SMILES string of the molecule is Cc1nc(C2CCN(Cc3ccncc3)CC2)nc2c1CCC(=O)N2CCc1ccccc1. The number of amides is 1. The van der Waals surface area contributed by atoms with Crippen LogP contribution in [0.4, 0.5) is 5.82 Å². The number of hydrogen-bond acceptors (Lipinski definition) is 5. The molecule has 0 spiro atoms. The summed E-state index contributed by atoms with van der Waals surface area (Å²) in [6.45, 7) is 5.76. The van der Waals surface area contributed by atoms with Gasteiger partial charge in [0.2, 0.25) is 5.91 Å². The van der Waals surface area contributed by atoms with Gasteiger partial charge in [0, 0.05) is 49.1 Å². The number of rotatable bonds is 6. The highest BCUT2D eigenvalue weighted by atomic mass is 16.2. The van der Waals surface area contributed by atoms with Crippen molar-refractivity contribution < 1.29 is 4.79 Å². The first-order valence-electron chi connectivity index (χ1n) is 12.0. The van der Waals surface area contributed by atoms with E-state index in [1.807, 2.05) is 35.5 Å². The van der Waals surface area contributed by atoms with Crippen LogP contribution in [0.15, 0.2) is 54.9 Å². The van der Waals surface area contributed by atoms with Crippen LogP contribution in [0.25, 0.3) is 0 Å². The molecule has 4 heterocycles. The van der Waals surface area contributed by atoms with Crippen molar-refractivity contribution in [1.82, 2.24) is 19.9 Å². The number of aryl methyl sites for hydroxylation is 1. The lowest BCUT2D eigenvalue weighted by Crippen LogP contribution is -2.39. The Morgan fingerprint density at radius 1 is 0.939 bits per heavy atom. The number of benzene rings is 1. The lowest BCUT2D eigenvalue weighted by molar-refractivity contribution is -0.118. The third kappa shape index (κ3) is 4.96. The minimum atomic E-state index is 0.176. The summed E-state index contributed by atoms with van der Waals surface area (Å²) in [5.74, 6) is 2.28. The van der Waals surface area contributed by atoms with E-state index < -0.39 is 0 Å². The van der Waals surface area contributed by atoms with Crippen molar-refractivity contribution >= 4 is 11.7 Å². The van der Waals surface area contributed by atoms with Gasteiger partial charge in [0.25, 0.3) is 0 Å². The van der Waals surface area contributed by atoms with Crippen molar-refractivity contribution in [3.8, 4) is 0 Å². The minimum Gasteiger partial charge on any atom is -0.299 e. The summed E-state index contributed by atoms with van der Waals surface area (Å²) < 4.78 is 0. The maximum atomic E-state index is 12.8. The van der Waals surface area contributed by atoms with Crippen LogP contribution in [-0.4, -0.2) is 45.4 Å². The van der Waals surface area contributed by atoms with Crippen LogP contribution in [0.2, 0.25) is 0 Å². The second-order valence-corrected chi connectivity index (χ2v) is 9.16. The number of anilines is 1. The molecule has 6 nitrogen and oxygen atoms in total. The highest BCUT2D eigenvalue weighted by molar-refractivity contribution is 5.95. The Kier molecular flexibility index (Phi) is 6.44. The molecule has 33 heavy (non-hydrogen) atoms. The molecule has 1 amide bonds. The Morgan fingerprint density at radius 3 is 2.45 bits per heavy atom. The van der Waals surface area contributed by atoms with Crippen LogP contribution in [0, 0.1) is 6.92 Å². The molecule has 0 unspecified atom stereocenters. The van der Waals surface area contributed by atoms with Crippen LogP contribution < -0.4 is 4.90 Å². The van der Waals surface area contributed by atoms with E-state index in [0.717, 1.165) is 68.2 Å². The first-order chi connectivity index (χ1) is 16.2. The van der Waals surface area contributed by atoms with Crippen molar-refractivity contribution in [1.29, 1.82) is 0 Å². The van der Waals surface area contributed by atoms with E-state index in [4.69, 9.17) is 9.97 Å². The molecule has 0 bridgehead atoms. The van der Waals surface area contributed by atoms with Gasteiger partial charge in [-0.1, -0.05) is 30.3 Å². The monoisotopic (exact) mass is 441 g/mol. The van der Waals surface area contributed by atoms with Crippen LogP contribution in [0.1, 0.15) is 53.4 Å². The van der Waals surface area contributed by atoms with Gasteiger partial charge in [-0.2, -0.15) is 0 Å². The number of nitrogens with zero attached hydrogens (tertiary/aromatic N) is 5. The maximum Gasteiger partial charge on any atom is 0.228 e. The Balaban J connectivity index is 1.30. The van der Waals surface area contributed by atoms with Crippen molar-refractivity contribution in [2.45, 2.75) is 51.5 Å². The number of aromatic nitrogens is 3. The second-order valence-electron chi connectivity index (χ2n) is 9.16. The molecule has 0 atom stereocenters. The standard InChI is InChI=1S/C27H31N5O/c1-20-24-7-8-25(33)32(18-11-21-5-3-2-4-6-21)27(24)30-26(29-20)23-12-16-31(17-13-23)19-22-9-14-28-15-10-22/h2-6,9-10,14-15,23H,7-8,11-13,16-19H2,1H3. The van der Waals surface area contributed by atoms with E-state index in [0.29, 0.717) is 18.9 Å². The predicted octanol–water partition coefficient (Wildman–Crippen LogP) is 4.08. The second kappa shape index (κ2) is 9.79. The number of likely N-dealkylation sites (tertiary alicyclic amines) is 1. The third-order valence-corrected chi connectivity index (χ3v) is 6.93. The van der Waals surface area contributed by atoms with E-state index in [9.17, 15) is 4.79 Å². The summed E-state index contributed by atoms with van der Waals surface area (Å²) in [5.41, 5.74) is 4.72. The summed E-state index contributed by atoms with van der Waals surface area (Å²) in [5, 5.41) is 0. The van der Waals surface area contributed by atoms with E-state index in [1.54, 1.807) is 0 Å². The van der Waals surface area contributed by atoms with Crippen LogP contribution in [-0.2, 0) is 24.2 Å². The van der Waals surface area contributed by atoms with Gasteiger partial charge in [0.05, 0.1) is 0 Å². The molecule has 2 aromatic heterocycles. The minimum absolute atomic E-state index is 0.176. The zero-order valence-corrected chi connectivity index (χ0v) is 19.3. The highest BCUT2D eigenvalue weighted by Crippen LogP contribution is 2.33. The number of hydrogen-bond donors (Lipinski definition) is 0. The average Bonchev–Trinajstić information content (AvgIpc) is 2.85. The van der Waals surface area contributed by atoms with E-state index in [2.05, 4.69) is 41.1 Å². The molecular weight excluding hydrogens is 410 g/mol. The molecule has 1 aromatic carbocycles. The number of carbonyl (C=O) groups excluding carboxylic acids is 1. The largest absolute Gasteiger partial charge is 0.299 e. The van der Waals surface area contributed by atoms with Crippen LogP contribution in [0.3, 0.4) is 0 Å². The van der Waals surface area contributed by atoms with Crippen LogP contribution in [0.5, 0.6) is 0 Å². The lowest BCUT2D eigenvalue weighted by Gasteiger charge is -2.33. The van der Waals surface area contributed by atoms with Crippen molar-refractivity contribution in [2.75, 3.05) is 24.5 Å². The quantitative estimate of drug-likeness (QED) is 0.577. The summed E-state index contributed by atoms with van der Waals surface area (Å²) in [6, 6.07) is 14.5. The molecular formula is C27H31N5O. The van der Waals surface area contributed by atoms with Crippen molar-refractivity contribution in [2.24, 2.45) is 0 Å². The van der Waals surface area contributed by atoms with Gasteiger partial charge in [0.15, 0.2) is 0 Å². The summed E-state index contributed by atoms with van der Waals surface area (Å²) in [7, 11) is 0. The molecule has 0 aliphatic carbocycles.